The smallest absolute Gasteiger partial charge is 0.230 e. The first-order valence-corrected chi connectivity index (χ1v) is 11.4. The third-order valence-corrected chi connectivity index (χ3v) is 7.70. The maximum absolute atomic E-state index is 12.8. The van der Waals surface area contributed by atoms with Crippen LogP contribution >= 0.6 is 11.8 Å². The molecule has 1 N–H and O–H groups in total. The number of amides is 1. The van der Waals surface area contributed by atoms with Gasteiger partial charge in [0.1, 0.15) is 11.4 Å². The van der Waals surface area contributed by atoms with E-state index in [2.05, 4.69) is 20.8 Å². The van der Waals surface area contributed by atoms with Crippen LogP contribution in [0, 0.1) is 24.7 Å². The molecule has 0 aliphatic heterocycles. The van der Waals surface area contributed by atoms with Gasteiger partial charge in [-0.2, -0.15) is 4.68 Å². The van der Waals surface area contributed by atoms with Crippen LogP contribution in [-0.4, -0.2) is 44.5 Å². The highest BCUT2D eigenvalue weighted by molar-refractivity contribution is 7.99. The topological polar surface area (TPSA) is 81.9 Å². The van der Waals surface area contributed by atoms with Gasteiger partial charge in [0, 0.05) is 5.54 Å². The third kappa shape index (κ3) is 3.63. The Labute approximate surface area is 175 Å². The molecular weight excluding hydrogens is 386 g/mol. The lowest BCUT2D eigenvalue weighted by molar-refractivity contribution is -0.124. The zero-order valence-corrected chi connectivity index (χ0v) is 17.7. The van der Waals surface area contributed by atoms with Crippen molar-refractivity contribution in [3.63, 3.8) is 0 Å². The quantitative estimate of drug-likeness (QED) is 0.733. The summed E-state index contributed by atoms with van der Waals surface area (Å²) in [7, 11) is 1.63. The molecule has 0 saturated heterocycles. The van der Waals surface area contributed by atoms with Gasteiger partial charge in [0.2, 0.25) is 11.1 Å². The molecule has 7 nitrogen and oxygen atoms in total. The highest BCUT2D eigenvalue weighted by Crippen LogP contribution is 2.55. The Balaban J connectivity index is 1.27. The molecule has 1 amide bonds. The van der Waals surface area contributed by atoms with Crippen LogP contribution in [0.15, 0.2) is 23.4 Å². The molecule has 8 heteroatoms. The molecule has 0 spiro atoms. The SMILES string of the molecule is COc1ccc(C)cc1-n1nnnc1SCC(=O)NC12CC3CC(CC(C3)C1)C2. The number of carbonyl (C=O) groups excluding carboxylic acids is 1. The van der Waals surface area contributed by atoms with E-state index in [-0.39, 0.29) is 11.4 Å². The van der Waals surface area contributed by atoms with Crippen molar-refractivity contribution in [1.29, 1.82) is 0 Å². The number of hydrogen-bond donors (Lipinski definition) is 1. The zero-order valence-electron chi connectivity index (χ0n) is 16.9. The molecule has 154 valence electrons. The van der Waals surface area contributed by atoms with Crippen molar-refractivity contribution in [1.82, 2.24) is 25.5 Å². The molecule has 0 unspecified atom stereocenters. The summed E-state index contributed by atoms with van der Waals surface area (Å²) in [5.41, 5.74) is 1.91. The maximum Gasteiger partial charge on any atom is 0.230 e. The number of benzene rings is 1. The lowest BCUT2D eigenvalue weighted by Gasteiger charge is -2.56. The molecule has 29 heavy (non-hydrogen) atoms. The standard InChI is InChI=1S/C21H27N5O2S/c1-13-3-4-18(28-2)17(5-13)26-20(23-24-25-26)29-12-19(27)22-21-9-14-6-15(10-21)8-16(7-14)11-21/h3-5,14-16H,6-12H2,1-2H3,(H,22,27). The van der Waals surface area contributed by atoms with E-state index in [0.717, 1.165) is 48.3 Å². The van der Waals surface area contributed by atoms with Crippen molar-refractivity contribution in [2.75, 3.05) is 12.9 Å². The number of thioether (sulfide) groups is 1. The highest BCUT2D eigenvalue weighted by Gasteiger charge is 2.51. The Kier molecular flexibility index (Phi) is 4.76. The van der Waals surface area contributed by atoms with Crippen molar-refractivity contribution in [2.45, 2.75) is 56.1 Å². The summed E-state index contributed by atoms with van der Waals surface area (Å²) in [5, 5.41) is 16.1. The van der Waals surface area contributed by atoms with Gasteiger partial charge < -0.3 is 10.1 Å². The van der Waals surface area contributed by atoms with Crippen molar-refractivity contribution in [2.24, 2.45) is 17.8 Å². The Morgan fingerprint density at radius 3 is 2.59 bits per heavy atom. The number of nitrogens with zero attached hydrogens (tertiary/aromatic N) is 4. The second kappa shape index (κ2) is 7.31. The fraction of sp³-hybridized carbons (Fsp3) is 0.619. The van der Waals surface area contributed by atoms with Gasteiger partial charge in [0.05, 0.1) is 12.9 Å². The molecule has 1 aromatic heterocycles. The highest BCUT2D eigenvalue weighted by atomic mass is 32.2. The van der Waals surface area contributed by atoms with E-state index in [1.165, 1.54) is 31.0 Å². The summed E-state index contributed by atoms with van der Waals surface area (Å²) < 4.78 is 7.11. The van der Waals surface area contributed by atoms with Gasteiger partial charge in [0.25, 0.3) is 0 Å². The zero-order chi connectivity index (χ0) is 20.0. The fourth-order valence-electron chi connectivity index (χ4n) is 6.11. The van der Waals surface area contributed by atoms with Gasteiger partial charge in [-0.3, -0.25) is 4.79 Å². The minimum atomic E-state index is 0.0398. The number of carbonyl (C=O) groups is 1. The Hall–Kier alpha value is -2.09. The van der Waals surface area contributed by atoms with Gasteiger partial charge >= 0.3 is 0 Å². The number of aromatic nitrogens is 4. The minimum Gasteiger partial charge on any atom is -0.494 e. The van der Waals surface area contributed by atoms with Crippen molar-refractivity contribution in [3.8, 4) is 11.4 Å². The van der Waals surface area contributed by atoms with Gasteiger partial charge in [-0.05, 0) is 91.3 Å². The first-order chi connectivity index (χ1) is 14.0. The molecule has 4 saturated carbocycles. The van der Waals surface area contributed by atoms with E-state index in [9.17, 15) is 4.79 Å². The average Bonchev–Trinajstić information content (AvgIpc) is 3.13. The Morgan fingerprint density at radius 2 is 1.93 bits per heavy atom. The largest absolute Gasteiger partial charge is 0.494 e. The Morgan fingerprint density at radius 1 is 1.24 bits per heavy atom. The van der Waals surface area contributed by atoms with Crippen molar-refractivity contribution < 1.29 is 9.53 Å². The Bertz CT molecular complexity index is 892. The molecule has 4 bridgehead atoms. The predicted molar refractivity (Wildman–Crippen MR) is 110 cm³/mol. The van der Waals surface area contributed by atoms with Crippen molar-refractivity contribution >= 4 is 17.7 Å². The van der Waals surface area contributed by atoms with Crippen LogP contribution in [0.1, 0.15) is 44.1 Å². The van der Waals surface area contributed by atoms with Crippen molar-refractivity contribution in [3.05, 3.63) is 23.8 Å². The van der Waals surface area contributed by atoms with Crippen LogP contribution in [0.3, 0.4) is 0 Å². The van der Waals surface area contributed by atoms with Crippen LogP contribution in [0.5, 0.6) is 5.75 Å². The van der Waals surface area contributed by atoms with E-state index in [1.54, 1.807) is 11.8 Å². The molecule has 4 aliphatic carbocycles. The third-order valence-electron chi connectivity index (χ3n) is 6.78. The lowest BCUT2D eigenvalue weighted by Crippen LogP contribution is -2.60. The van der Waals surface area contributed by atoms with Gasteiger partial charge in [0.15, 0.2) is 0 Å². The van der Waals surface area contributed by atoms with E-state index in [4.69, 9.17) is 4.74 Å². The van der Waals surface area contributed by atoms with Gasteiger partial charge in [-0.1, -0.05) is 17.8 Å². The predicted octanol–water partition coefficient (Wildman–Crippen LogP) is 3.16. The number of ether oxygens (including phenoxy) is 1. The van der Waals surface area contributed by atoms with E-state index in [1.807, 2.05) is 25.1 Å². The van der Waals surface area contributed by atoms with Crippen LogP contribution in [0.4, 0.5) is 0 Å². The molecular formula is C21H27N5O2S. The molecule has 2 aromatic rings. The molecule has 6 rings (SSSR count). The molecule has 0 radical (unpaired) electrons. The molecule has 4 aliphatic rings. The maximum atomic E-state index is 12.8. The first kappa shape index (κ1) is 18.9. The second-order valence-electron chi connectivity index (χ2n) is 9.08. The van der Waals surface area contributed by atoms with E-state index < -0.39 is 0 Å². The summed E-state index contributed by atoms with van der Waals surface area (Å²) in [5.74, 6) is 3.54. The molecule has 1 heterocycles. The summed E-state index contributed by atoms with van der Waals surface area (Å²) in [6.07, 6.45) is 7.60. The average molecular weight is 414 g/mol. The van der Waals surface area contributed by atoms with Gasteiger partial charge in [-0.15, -0.1) is 5.10 Å². The minimum absolute atomic E-state index is 0.0398. The lowest BCUT2D eigenvalue weighted by atomic mass is 9.53. The summed E-state index contributed by atoms with van der Waals surface area (Å²) >= 11 is 1.37. The normalized spacial score (nSPS) is 29.8. The van der Waals surface area contributed by atoms with Crippen LogP contribution in [0.25, 0.3) is 5.69 Å². The number of hydrogen-bond acceptors (Lipinski definition) is 6. The first-order valence-electron chi connectivity index (χ1n) is 10.4. The van der Waals surface area contributed by atoms with Crippen LogP contribution in [0.2, 0.25) is 0 Å². The second-order valence-corrected chi connectivity index (χ2v) is 10.0. The fourth-order valence-corrected chi connectivity index (χ4v) is 6.80. The molecule has 1 aromatic carbocycles. The number of methoxy groups -OCH3 is 1. The molecule has 0 atom stereocenters. The summed E-state index contributed by atoms with van der Waals surface area (Å²) in [6.45, 7) is 2.01. The molecule has 4 fully saturated rings. The number of nitrogens with one attached hydrogen (secondary N) is 1. The van der Waals surface area contributed by atoms with E-state index >= 15 is 0 Å². The van der Waals surface area contributed by atoms with Crippen LogP contribution in [-0.2, 0) is 4.79 Å². The number of rotatable bonds is 6. The number of tetrazole rings is 1. The number of aryl methyl sites for hydroxylation is 1. The van der Waals surface area contributed by atoms with Gasteiger partial charge in [-0.25, -0.2) is 0 Å². The van der Waals surface area contributed by atoms with Crippen LogP contribution < -0.4 is 10.1 Å². The summed E-state index contributed by atoms with van der Waals surface area (Å²) in [6, 6.07) is 5.87. The monoisotopic (exact) mass is 413 g/mol. The summed E-state index contributed by atoms with van der Waals surface area (Å²) in [4.78, 5) is 12.8. The van der Waals surface area contributed by atoms with E-state index in [0.29, 0.717) is 16.7 Å².